The first kappa shape index (κ1) is 19.4. The van der Waals surface area contributed by atoms with Gasteiger partial charge in [-0.25, -0.2) is 9.37 Å². The van der Waals surface area contributed by atoms with Gasteiger partial charge in [0.15, 0.2) is 0 Å². The SMILES string of the molecule is O=c1[nH]c(C2=C[C@H](N3CCC(c4ccc(F)cc4)CC3)CC2)nc2c1CC1(CC2)CC1. The highest BCUT2D eigenvalue weighted by atomic mass is 19.1. The van der Waals surface area contributed by atoms with Crippen LogP contribution in [-0.2, 0) is 12.8 Å². The van der Waals surface area contributed by atoms with Gasteiger partial charge in [-0.2, -0.15) is 0 Å². The summed E-state index contributed by atoms with van der Waals surface area (Å²) < 4.78 is 13.2. The summed E-state index contributed by atoms with van der Waals surface area (Å²) in [6, 6.07) is 7.45. The summed E-state index contributed by atoms with van der Waals surface area (Å²) in [6.07, 6.45) is 12.3. The first-order valence-electron chi connectivity index (χ1n) is 11.9. The molecule has 1 aromatic heterocycles. The molecule has 6 rings (SSSR count). The third-order valence-corrected chi connectivity index (χ3v) is 8.25. The van der Waals surface area contributed by atoms with E-state index >= 15 is 0 Å². The number of hydrogen-bond donors (Lipinski definition) is 1. The molecule has 1 saturated carbocycles. The van der Waals surface area contributed by atoms with Crippen molar-refractivity contribution < 1.29 is 4.39 Å². The molecule has 1 spiro atoms. The zero-order valence-corrected chi connectivity index (χ0v) is 18.0. The van der Waals surface area contributed by atoms with Crippen LogP contribution < -0.4 is 5.56 Å². The predicted octanol–water partition coefficient (Wildman–Crippen LogP) is 4.60. The number of rotatable bonds is 3. The second kappa shape index (κ2) is 7.40. The Morgan fingerprint density at radius 2 is 1.81 bits per heavy atom. The number of allylic oxidation sites excluding steroid dienone is 1. The number of fused-ring (bicyclic) bond motifs is 1. The van der Waals surface area contributed by atoms with Crippen molar-refractivity contribution in [1.29, 1.82) is 0 Å². The monoisotopic (exact) mass is 419 g/mol. The van der Waals surface area contributed by atoms with E-state index in [2.05, 4.69) is 16.0 Å². The number of hydrogen-bond acceptors (Lipinski definition) is 3. The van der Waals surface area contributed by atoms with Gasteiger partial charge in [-0.05, 0) is 105 Å². The number of halogens is 1. The van der Waals surface area contributed by atoms with E-state index in [9.17, 15) is 9.18 Å². The number of H-pyrrole nitrogens is 1. The van der Waals surface area contributed by atoms with E-state index in [0.717, 1.165) is 68.7 Å². The molecule has 5 heteroatoms. The maximum absolute atomic E-state index is 13.2. The van der Waals surface area contributed by atoms with Crippen LogP contribution in [0.5, 0.6) is 0 Å². The van der Waals surface area contributed by atoms with E-state index < -0.39 is 0 Å². The summed E-state index contributed by atoms with van der Waals surface area (Å²) in [5.74, 6) is 1.17. The molecule has 2 heterocycles. The van der Waals surface area contributed by atoms with Crippen molar-refractivity contribution >= 4 is 5.57 Å². The largest absolute Gasteiger partial charge is 0.307 e. The third kappa shape index (κ3) is 3.67. The Morgan fingerprint density at radius 1 is 1.03 bits per heavy atom. The van der Waals surface area contributed by atoms with Crippen LogP contribution in [-0.4, -0.2) is 34.0 Å². The topological polar surface area (TPSA) is 49.0 Å². The second-order valence-electron chi connectivity index (χ2n) is 10.2. The number of aryl methyl sites for hydroxylation is 1. The van der Waals surface area contributed by atoms with E-state index in [-0.39, 0.29) is 11.4 Å². The third-order valence-electron chi connectivity index (χ3n) is 8.25. The minimum Gasteiger partial charge on any atom is -0.307 e. The van der Waals surface area contributed by atoms with E-state index in [4.69, 9.17) is 4.98 Å². The van der Waals surface area contributed by atoms with Crippen LogP contribution >= 0.6 is 0 Å². The quantitative estimate of drug-likeness (QED) is 0.791. The lowest BCUT2D eigenvalue weighted by Crippen LogP contribution is -2.39. The predicted molar refractivity (Wildman–Crippen MR) is 119 cm³/mol. The van der Waals surface area contributed by atoms with Gasteiger partial charge in [0, 0.05) is 11.6 Å². The molecule has 0 radical (unpaired) electrons. The van der Waals surface area contributed by atoms with E-state index in [0.29, 0.717) is 17.4 Å². The average molecular weight is 420 g/mol. The fourth-order valence-electron chi connectivity index (χ4n) is 6.02. The standard InChI is InChI=1S/C26H30FN3O/c27-20-4-1-17(2-5-20)18-8-13-30(14-9-18)21-6-3-19(15-21)24-28-23-7-10-26(11-12-26)16-22(23)25(31)29-24/h1-2,4-5,15,18,21H,3,6-14,16H2,(H,28,29,31)/t21-/m1/s1. The highest BCUT2D eigenvalue weighted by Crippen LogP contribution is 2.53. The molecular weight excluding hydrogens is 389 g/mol. The van der Waals surface area contributed by atoms with Crippen LogP contribution in [0, 0.1) is 11.2 Å². The molecule has 162 valence electrons. The molecule has 2 aromatic rings. The highest BCUT2D eigenvalue weighted by molar-refractivity contribution is 5.63. The van der Waals surface area contributed by atoms with E-state index in [1.54, 1.807) is 12.1 Å². The summed E-state index contributed by atoms with van der Waals surface area (Å²) in [4.78, 5) is 23.4. The lowest BCUT2D eigenvalue weighted by Gasteiger charge is -2.35. The number of likely N-dealkylation sites (tertiary alicyclic amines) is 1. The minimum absolute atomic E-state index is 0.0930. The molecule has 3 aliphatic carbocycles. The maximum atomic E-state index is 13.2. The van der Waals surface area contributed by atoms with Gasteiger partial charge >= 0.3 is 0 Å². The second-order valence-corrected chi connectivity index (χ2v) is 10.2. The van der Waals surface area contributed by atoms with Crippen molar-refractivity contribution in [3.63, 3.8) is 0 Å². The van der Waals surface area contributed by atoms with Gasteiger partial charge in [0.1, 0.15) is 11.6 Å². The Labute approximate surface area is 182 Å². The summed E-state index contributed by atoms with van der Waals surface area (Å²) in [5.41, 5.74) is 4.98. The molecule has 1 aliphatic heterocycles. The zero-order chi connectivity index (χ0) is 21.0. The Kier molecular flexibility index (Phi) is 4.64. The molecule has 31 heavy (non-hydrogen) atoms. The average Bonchev–Trinajstić information content (AvgIpc) is 3.35. The van der Waals surface area contributed by atoms with Crippen molar-refractivity contribution in [1.82, 2.24) is 14.9 Å². The Bertz CT molecular complexity index is 1070. The van der Waals surface area contributed by atoms with Crippen LogP contribution in [0.4, 0.5) is 4.39 Å². The van der Waals surface area contributed by atoms with Crippen molar-refractivity contribution in [2.24, 2.45) is 5.41 Å². The van der Waals surface area contributed by atoms with Crippen LogP contribution in [0.3, 0.4) is 0 Å². The molecule has 0 unspecified atom stereocenters. The van der Waals surface area contributed by atoms with Gasteiger partial charge in [-0.15, -0.1) is 0 Å². The van der Waals surface area contributed by atoms with Crippen LogP contribution in [0.25, 0.3) is 5.57 Å². The van der Waals surface area contributed by atoms with Crippen LogP contribution in [0.2, 0.25) is 0 Å². The molecule has 2 fully saturated rings. The van der Waals surface area contributed by atoms with Crippen molar-refractivity contribution in [3.05, 3.63) is 69.2 Å². The summed E-state index contributed by atoms with van der Waals surface area (Å²) in [7, 11) is 0. The lowest BCUT2D eigenvalue weighted by molar-refractivity contribution is 0.176. The number of nitrogens with one attached hydrogen (secondary N) is 1. The fraction of sp³-hybridized carbons (Fsp3) is 0.538. The van der Waals surface area contributed by atoms with Gasteiger partial charge in [-0.1, -0.05) is 18.2 Å². The highest BCUT2D eigenvalue weighted by Gasteiger charge is 2.45. The van der Waals surface area contributed by atoms with Gasteiger partial charge in [0.25, 0.3) is 5.56 Å². The normalized spacial score (nSPS) is 25.5. The van der Waals surface area contributed by atoms with Gasteiger partial charge < -0.3 is 4.98 Å². The first-order valence-corrected chi connectivity index (χ1v) is 11.9. The zero-order valence-electron chi connectivity index (χ0n) is 18.0. The van der Waals surface area contributed by atoms with Gasteiger partial charge in [0.05, 0.1) is 5.69 Å². The first-order chi connectivity index (χ1) is 15.1. The molecular formula is C26H30FN3O. The molecule has 4 aliphatic rings. The number of aromatic amines is 1. The Morgan fingerprint density at radius 3 is 2.55 bits per heavy atom. The van der Waals surface area contributed by atoms with Crippen molar-refractivity contribution in [3.8, 4) is 0 Å². The number of piperidine rings is 1. The molecule has 0 amide bonds. The summed E-state index contributed by atoms with van der Waals surface area (Å²) >= 11 is 0. The maximum Gasteiger partial charge on any atom is 0.254 e. The molecule has 1 saturated heterocycles. The van der Waals surface area contributed by atoms with Crippen LogP contribution in [0.1, 0.15) is 73.5 Å². The van der Waals surface area contributed by atoms with Gasteiger partial charge in [-0.3, -0.25) is 9.69 Å². The number of benzene rings is 1. The lowest BCUT2D eigenvalue weighted by atomic mass is 9.84. The molecule has 1 N–H and O–H groups in total. The summed E-state index contributed by atoms with van der Waals surface area (Å²) in [5, 5.41) is 0. The molecule has 1 atom stereocenters. The Hall–Kier alpha value is -2.27. The van der Waals surface area contributed by atoms with Crippen molar-refractivity contribution in [2.45, 2.75) is 69.7 Å². The van der Waals surface area contributed by atoms with Crippen molar-refractivity contribution in [2.75, 3.05) is 13.1 Å². The fourth-order valence-corrected chi connectivity index (χ4v) is 6.02. The molecule has 1 aromatic carbocycles. The number of nitrogens with zero attached hydrogens (tertiary/aromatic N) is 2. The van der Waals surface area contributed by atoms with E-state index in [1.165, 1.54) is 30.4 Å². The smallest absolute Gasteiger partial charge is 0.254 e. The van der Waals surface area contributed by atoms with E-state index in [1.807, 2.05) is 12.1 Å². The van der Waals surface area contributed by atoms with Crippen LogP contribution in [0.15, 0.2) is 35.1 Å². The molecule has 4 nitrogen and oxygen atoms in total. The summed E-state index contributed by atoms with van der Waals surface area (Å²) in [6.45, 7) is 2.12. The Balaban J connectivity index is 1.14. The number of aromatic nitrogens is 2. The minimum atomic E-state index is -0.161. The van der Waals surface area contributed by atoms with Gasteiger partial charge in [0.2, 0.25) is 0 Å². The molecule has 0 bridgehead atoms.